The molecule has 1 aliphatic rings. The Morgan fingerprint density at radius 3 is 2.82 bits per heavy atom. The van der Waals surface area contributed by atoms with Crippen molar-refractivity contribution in [3.8, 4) is 5.13 Å². The van der Waals surface area contributed by atoms with Gasteiger partial charge in [-0.05, 0) is 55.0 Å². The number of nitrogens with one attached hydrogen (secondary N) is 1. The summed E-state index contributed by atoms with van der Waals surface area (Å²) >= 11 is 7.39. The van der Waals surface area contributed by atoms with Crippen LogP contribution in [-0.4, -0.2) is 44.2 Å². The quantitative estimate of drug-likeness (QED) is 0.312. The highest BCUT2D eigenvalue weighted by Gasteiger charge is 2.41. The van der Waals surface area contributed by atoms with Crippen molar-refractivity contribution in [1.29, 1.82) is 0 Å². The molecule has 9 heteroatoms. The average Bonchev–Trinajstić information content (AvgIpc) is 3.56. The maximum atomic E-state index is 11.7. The Labute approximate surface area is 201 Å². The van der Waals surface area contributed by atoms with E-state index in [2.05, 4.69) is 31.9 Å². The van der Waals surface area contributed by atoms with E-state index in [0.29, 0.717) is 24.5 Å². The molecule has 1 N–H and O–H groups in total. The Kier molecular flexibility index (Phi) is 6.06. The van der Waals surface area contributed by atoms with Crippen LogP contribution in [0.2, 0.25) is 0 Å². The molecule has 0 aliphatic carbocycles. The molecule has 4 aromatic rings. The largest absolute Gasteiger partial charge is 0.469 e. The van der Waals surface area contributed by atoms with Gasteiger partial charge in [0, 0.05) is 25.4 Å². The summed E-state index contributed by atoms with van der Waals surface area (Å²) in [5.74, 6) is -0.219. The Morgan fingerprint density at radius 2 is 2.03 bits per heavy atom. The minimum Gasteiger partial charge on any atom is -0.469 e. The van der Waals surface area contributed by atoms with Gasteiger partial charge in [0.15, 0.2) is 10.2 Å². The SMILES string of the molecule is COC(=O)CCCN1C(=S)NC(c2ccccn2)C1c1cccn1-c1nc2ccccc2s1. The van der Waals surface area contributed by atoms with Crippen LogP contribution in [0.4, 0.5) is 0 Å². The molecule has 1 fully saturated rings. The number of ether oxygens (including phenoxy) is 1. The number of thiazole rings is 1. The maximum Gasteiger partial charge on any atom is 0.305 e. The molecule has 0 saturated carbocycles. The molecule has 0 amide bonds. The van der Waals surface area contributed by atoms with Crippen LogP contribution >= 0.6 is 23.6 Å². The zero-order chi connectivity index (χ0) is 22.8. The van der Waals surface area contributed by atoms with E-state index in [0.717, 1.165) is 26.7 Å². The number of aromatic nitrogens is 3. The van der Waals surface area contributed by atoms with Gasteiger partial charge in [0.2, 0.25) is 0 Å². The number of nitrogens with zero attached hydrogens (tertiary/aromatic N) is 4. The highest BCUT2D eigenvalue weighted by molar-refractivity contribution is 7.80. The van der Waals surface area contributed by atoms with Crippen molar-refractivity contribution >= 4 is 44.9 Å². The van der Waals surface area contributed by atoms with E-state index in [4.69, 9.17) is 21.9 Å². The van der Waals surface area contributed by atoms with Crippen molar-refractivity contribution in [2.45, 2.75) is 24.9 Å². The zero-order valence-corrected chi connectivity index (χ0v) is 19.7. The Balaban J connectivity index is 1.53. The molecule has 5 rings (SSSR count). The maximum absolute atomic E-state index is 11.7. The molecular formula is C24H23N5O2S2. The number of esters is 1. The van der Waals surface area contributed by atoms with Gasteiger partial charge in [-0.25, -0.2) is 4.98 Å². The molecule has 4 heterocycles. The van der Waals surface area contributed by atoms with Gasteiger partial charge in [-0.1, -0.05) is 29.5 Å². The van der Waals surface area contributed by atoms with Crippen LogP contribution < -0.4 is 5.32 Å². The molecule has 1 aliphatic heterocycles. The monoisotopic (exact) mass is 477 g/mol. The normalized spacial score (nSPS) is 18.0. The first-order chi connectivity index (χ1) is 16.2. The van der Waals surface area contributed by atoms with Gasteiger partial charge in [0.05, 0.1) is 40.8 Å². The highest BCUT2D eigenvalue weighted by Crippen LogP contribution is 2.40. The first-order valence-corrected chi connectivity index (χ1v) is 12.0. The third-order valence-electron chi connectivity index (χ3n) is 5.78. The molecule has 2 unspecified atom stereocenters. The third kappa shape index (κ3) is 4.21. The number of hydrogen-bond acceptors (Lipinski definition) is 6. The molecular weight excluding hydrogens is 454 g/mol. The first-order valence-electron chi connectivity index (χ1n) is 10.7. The van der Waals surface area contributed by atoms with E-state index in [9.17, 15) is 4.79 Å². The number of fused-ring (bicyclic) bond motifs is 1. The fourth-order valence-electron chi connectivity index (χ4n) is 4.24. The van der Waals surface area contributed by atoms with Gasteiger partial charge in [-0.15, -0.1) is 0 Å². The number of rotatable bonds is 7. The van der Waals surface area contributed by atoms with Gasteiger partial charge in [-0.3, -0.25) is 14.3 Å². The molecule has 2 atom stereocenters. The summed E-state index contributed by atoms with van der Waals surface area (Å²) in [6.07, 6.45) is 4.82. The zero-order valence-electron chi connectivity index (χ0n) is 18.0. The summed E-state index contributed by atoms with van der Waals surface area (Å²) in [6.45, 7) is 0.625. The number of thiocarbonyl (C=S) groups is 1. The second-order valence-corrected chi connectivity index (χ2v) is 9.16. The van der Waals surface area contributed by atoms with Crippen LogP contribution in [-0.2, 0) is 9.53 Å². The van der Waals surface area contributed by atoms with Crippen LogP contribution in [0.25, 0.3) is 15.3 Å². The van der Waals surface area contributed by atoms with E-state index in [1.807, 2.05) is 48.7 Å². The number of methoxy groups -OCH3 is 1. The minimum absolute atomic E-state index is 0.105. The fraction of sp³-hybridized carbons (Fsp3) is 0.250. The number of pyridine rings is 1. The molecule has 0 spiro atoms. The molecule has 168 valence electrons. The summed E-state index contributed by atoms with van der Waals surface area (Å²) < 4.78 is 8.09. The Bertz CT molecular complexity index is 1250. The molecule has 7 nitrogen and oxygen atoms in total. The summed E-state index contributed by atoms with van der Waals surface area (Å²) in [6, 6.07) is 18.0. The van der Waals surface area contributed by atoms with Crippen molar-refractivity contribution in [3.05, 3.63) is 78.4 Å². The Hall–Kier alpha value is -3.30. The average molecular weight is 478 g/mol. The van der Waals surface area contributed by atoms with Crippen molar-refractivity contribution < 1.29 is 9.53 Å². The third-order valence-corrected chi connectivity index (χ3v) is 7.17. The van der Waals surface area contributed by atoms with Crippen LogP contribution in [0, 0.1) is 0 Å². The summed E-state index contributed by atoms with van der Waals surface area (Å²) in [4.78, 5) is 23.3. The summed E-state index contributed by atoms with van der Waals surface area (Å²) in [5, 5.41) is 5.02. The number of carbonyl (C=O) groups excluding carboxylic acids is 1. The number of benzene rings is 1. The van der Waals surface area contributed by atoms with E-state index in [1.165, 1.54) is 7.11 Å². The molecule has 0 radical (unpaired) electrons. The highest BCUT2D eigenvalue weighted by atomic mass is 32.1. The minimum atomic E-state index is -0.219. The predicted octanol–water partition coefficient (Wildman–Crippen LogP) is 4.41. The van der Waals surface area contributed by atoms with E-state index in [-0.39, 0.29) is 18.1 Å². The van der Waals surface area contributed by atoms with Crippen molar-refractivity contribution in [1.82, 2.24) is 24.8 Å². The lowest BCUT2D eigenvalue weighted by molar-refractivity contribution is -0.140. The number of hydrogen-bond donors (Lipinski definition) is 1. The van der Waals surface area contributed by atoms with Gasteiger partial charge in [-0.2, -0.15) is 0 Å². The summed E-state index contributed by atoms with van der Waals surface area (Å²) in [7, 11) is 1.41. The van der Waals surface area contributed by atoms with E-state index in [1.54, 1.807) is 17.5 Å². The Morgan fingerprint density at radius 1 is 1.18 bits per heavy atom. The standard InChI is InChI=1S/C24H23N5O2S2/c1-31-20(30)12-7-15-29-22(21(27-23(29)32)17-9-4-5-13-25-17)18-10-6-14-28(18)24-26-16-8-2-3-11-19(16)33-24/h2-6,8-11,13-14,21-22H,7,12,15H2,1H3,(H,27,32). The van der Waals surface area contributed by atoms with Crippen molar-refractivity contribution in [2.24, 2.45) is 0 Å². The molecule has 1 aromatic carbocycles. The predicted molar refractivity (Wildman–Crippen MR) is 132 cm³/mol. The molecule has 3 aromatic heterocycles. The van der Waals surface area contributed by atoms with E-state index < -0.39 is 0 Å². The second-order valence-electron chi connectivity index (χ2n) is 7.77. The molecule has 33 heavy (non-hydrogen) atoms. The van der Waals surface area contributed by atoms with Crippen LogP contribution in [0.3, 0.4) is 0 Å². The van der Waals surface area contributed by atoms with Gasteiger partial charge >= 0.3 is 5.97 Å². The number of para-hydroxylation sites is 1. The van der Waals surface area contributed by atoms with Crippen LogP contribution in [0.1, 0.15) is 36.3 Å². The van der Waals surface area contributed by atoms with Gasteiger partial charge < -0.3 is 15.0 Å². The van der Waals surface area contributed by atoms with Crippen LogP contribution in [0.15, 0.2) is 67.0 Å². The van der Waals surface area contributed by atoms with Crippen molar-refractivity contribution in [3.63, 3.8) is 0 Å². The lowest BCUT2D eigenvalue weighted by atomic mass is 10.0. The van der Waals surface area contributed by atoms with E-state index >= 15 is 0 Å². The lowest BCUT2D eigenvalue weighted by Gasteiger charge is -2.28. The van der Waals surface area contributed by atoms with Gasteiger partial charge in [0.1, 0.15) is 0 Å². The summed E-state index contributed by atoms with van der Waals surface area (Å²) in [5.41, 5.74) is 2.96. The molecule has 0 bridgehead atoms. The number of carbonyl (C=O) groups is 1. The van der Waals surface area contributed by atoms with Gasteiger partial charge in [0.25, 0.3) is 0 Å². The first kappa shape index (κ1) is 21.5. The second kappa shape index (κ2) is 9.29. The topological polar surface area (TPSA) is 72.3 Å². The smallest absolute Gasteiger partial charge is 0.305 e. The molecule has 1 saturated heterocycles. The lowest BCUT2D eigenvalue weighted by Crippen LogP contribution is -2.31. The van der Waals surface area contributed by atoms with Crippen LogP contribution in [0.5, 0.6) is 0 Å². The fourth-order valence-corrected chi connectivity index (χ4v) is 5.54. The van der Waals surface area contributed by atoms with Crippen molar-refractivity contribution in [2.75, 3.05) is 13.7 Å².